The zero-order valence-corrected chi connectivity index (χ0v) is 12.6. The highest BCUT2D eigenvalue weighted by Gasteiger charge is 2.22. The quantitative estimate of drug-likeness (QED) is 0.316. The third kappa shape index (κ3) is 2.87. The number of nitro benzene ring substituents is 1. The van der Waals surface area contributed by atoms with Crippen molar-refractivity contribution in [1.82, 2.24) is 4.98 Å². The Hall–Kier alpha value is -3.48. The number of hydrogen-bond donors (Lipinski definition) is 0. The summed E-state index contributed by atoms with van der Waals surface area (Å²) in [6.45, 7) is 0. The summed E-state index contributed by atoms with van der Waals surface area (Å²) in [5.41, 5.74) is 0.189. The first-order valence-corrected chi connectivity index (χ1v) is 6.98. The van der Waals surface area contributed by atoms with Crippen LogP contribution in [0.15, 0.2) is 54.7 Å². The second-order valence-electron chi connectivity index (χ2n) is 4.86. The smallest absolute Gasteiger partial charge is 0.343 e. The molecule has 0 aliphatic rings. The Bertz CT molecular complexity index is 922. The highest BCUT2D eigenvalue weighted by molar-refractivity contribution is 5.96. The molecule has 0 bridgehead atoms. The number of esters is 1. The topological polar surface area (TPSA) is 91.6 Å². The minimum Gasteiger partial charge on any atom is -0.497 e. The van der Waals surface area contributed by atoms with Crippen molar-refractivity contribution in [2.45, 2.75) is 0 Å². The minimum absolute atomic E-state index is 0.168. The maximum atomic E-state index is 12.3. The third-order valence-corrected chi connectivity index (χ3v) is 3.42. The number of benzene rings is 2. The van der Waals surface area contributed by atoms with Crippen molar-refractivity contribution in [2.75, 3.05) is 7.11 Å². The summed E-state index contributed by atoms with van der Waals surface area (Å²) in [5.74, 6) is -0.290. The first-order valence-electron chi connectivity index (χ1n) is 6.98. The average molecular weight is 324 g/mol. The van der Waals surface area contributed by atoms with E-state index in [0.29, 0.717) is 11.1 Å². The minimum atomic E-state index is -0.709. The van der Waals surface area contributed by atoms with Crippen LogP contribution in [0.1, 0.15) is 10.4 Å². The Balaban J connectivity index is 2.02. The zero-order valence-electron chi connectivity index (χ0n) is 12.6. The van der Waals surface area contributed by atoms with Crippen molar-refractivity contribution < 1.29 is 19.2 Å². The highest BCUT2D eigenvalue weighted by atomic mass is 16.6. The molecule has 0 unspecified atom stereocenters. The van der Waals surface area contributed by atoms with E-state index in [1.165, 1.54) is 31.5 Å². The molecule has 1 aromatic heterocycles. The predicted molar refractivity (Wildman–Crippen MR) is 86.3 cm³/mol. The van der Waals surface area contributed by atoms with Gasteiger partial charge in [0.15, 0.2) is 0 Å². The molecule has 0 saturated heterocycles. The molecule has 0 saturated carbocycles. The number of nitro groups is 1. The van der Waals surface area contributed by atoms with E-state index in [9.17, 15) is 14.9 Å². The number of carbonyl (C=O) groups is 1. The van der Waals surface area contributed by atoms with E-state index in [1.807, 2.05) is 0 Å². The summed E-state index contributed by atoms with van der Waals surface area (Å²) in [4.78, 5) is 27.0. The lowest BCUT2D eigenvalue weighted by Gasteiger charge is -2.08. The molecular weight excluding hydrogens is 312 g/mol. The van der Waals surface area contributed by atoms with E-state index in [-0.39, 0.29) is 22.5 Å². The molecule has 0 N–H and O–H groups in total. The van der Waals surface area contributed by atoms with Gasteiger partial charge in [-0.05, 0) is 36.4 Å². The maximum Gasteiger partial charge on any atom is 0.343 e. The monoisotopic (exact) mass is 324 g/mol. The lowest BCUT2D eigenvalue weighted by molar-refractivity contribution is -0.385. The molecule has 120 valence electrons. The van der Waals surface area contributed by atoms with E-state index in [4.69, 9.17) is 9.47 Å². The molecule has 0 spiro atoms. The lowest BCUT2D eigenvalue weighted by Crippen LogP contribution is -2.10. The Labute approximate surface area is 136 Å². The molecule has 0 aliphatic carbocycles. The fraction of sp³-hybridized carbons (Fsp3) is 0.0588. The zero-order chi connectivity index (χ0) is 17.1. The SMILES string of the molecule is COc1ccc(C(=O)Oc2c([N+](=O)[O-])ccc3cccnc23)cc1. The number of pyridine rings is 1. The van der Waals surface area contributed by atoms with Gasteiger partial charge in [-0.3, -0.25) is 15.1 Å². The van der Waals surface area contributed by atoms with Gasteiger partial charge in [-0.2, -0.15) is 0 Å². The molecule has 3 rings (SSSR count). The van der Waals surface area contributed by atoms with Gasteiger partial charge in [0.25, 0.3) is 0 Å². The molecule has 7 heteroatoms. The van der Waals surface area contributed by atoms with Crippen LogP contribution in [0, 0.1) is 10.1 Å². The van der Waals surface area contributed by atoms with Gasteiger partial charge in [-0.25, -0.2) is 4.79 Å². The Morgan fingerprint density at radius 3 is 2.54 bits per heavy atom. The number of nitrogens with zero attached hydrogens (tertiary/aromatic N) is 2. The van der Waals surface area contributed by atoms with E-state index < -0.39 is 10.9 Å². The van der Waals surface area contributed by atoms with Crippen molar-refractivity contribution in [3.05, 3.63) is 70.4 Å². The van der Waals surface area contributed by atoms with E-state index in [1.54, 1.807) is 30.3 Å². The van der Waals surface area contributed by atoms with Crippen LogP contribution in [-0.2, 0) is 0 Å². The molecule has 7 nitrogen and oxygen atoms in total. The predicted octanol–water partition coefficient (Wildman–Crippen LogP) is 3.37. The fourth-order valence-corrected chi connectivity index (χ4v) is 2.23. The van der Waals surface area contributed by atoms with Gasteiger partial charge in [0.1, 0.15) is 11.3 Å². The lowest BCUT2D eigenvalue weighted by atomic mass is 10.1. The molecule has 0 amide bonds. The number of fused-ring (bicyclic) bond motifs is 1. The summed E-state index contributed by atoms with van der Waals surface area (Å²) >= 11 is 0. The molecule has 3 aromatic rings. The van der Waals surface area contributed by atoms with Gasteiger partial charge in [0.05, 0.1) is 17.6 Å². The van der Waals surface area contributed by atoms with Gasteiger partial charge >= 0.3 is 11.7 Å². The summed E-state index contributed by atoms with van der Waals surface area (Å²) in [6, 6.07) is 12.5. The van der Waals surface area contributed by atoms with E-state index >= 15 is 0 Å². The number of methoxy groups -OCH3 is 1. The first kappa shape index (κ1) is 15.4. The van der Waals surface area contributed by atoms with Crippen LogP contribution in [0.3, 0.4) is 0 Å². The highest BCUT2D eigenvalue weighted by Crippen LogP contribution is 2.34. The van der Waals surface area contributed by atoms with E-state index in [0.717, 1.165) is 0 Å². The average Bonchev–Trinajstić information content (AvgIpc) is 2.61. The van der Waals surface area contributed by atoms with Crippen LogP contribution in [0.25, 0.3) is 10.9 Å². The van der Waals surface area contributed by atoms with Crippen molar-refractivity contribution in [1.29, 1.82) is 0 Å². The summed E-state index contributed by atoms with van der Waals surface area (Å²) in [5, 5.41) is 11.9. The molecule has 0 fully saturated rings. The van der Waals surface area contributed by atoms with Crippen molar-refractivity contribution >= 4 is 22.6 Å². The van der Waals surface area contributed by atoms with E-state index in [2.05, 4.69) is 4.98 Å². The van der Waals surface area contributed by atoms with Gasteiger partial charge in [-0.1, -0.05) is 6.07 Å². The molecule has 0 radical (unpaired) electrons. The second kappa shape index (κ2) is 6.33. The molecule has 0 aliphatic heterocycles. The molecule has 0 atom stereocenters. The van der Waals surface area contributed by atoms with Crippen LogP contribution >= 0.6 is 0 Å². The largest absolute Gasteiger partial charge is 0.497 e. The maximum absolute atomic E-state index is 12.3. The second-order valence-corrected chi connectivity index (χ2v) is 4.86. The van der Waals surface area contributed by atoms with Gasteiger partial charge < -0.3 is 9.47 Å². The number of rotatable bonds is 4. The van der Waals surface area contributed by atoms with Crippen molar-refractivity contribution in [2.24, 2.45) is 0 Å². The normalized spacial score (nSPS) is 10.4. The molecule has 2 aromatic carbocycles. The van der Waals surface area contributed by atoms with Crippen molar-refractivity contribution in [3.63, 3.8) is 0 Å². The Kier molecular flexibility index (Phi) is 4.07. The summed E-state index contributed by atoms with van der Waals surface area (Å²) in [7, 11) is 1.51. The first-order chi connectivity index (χ1) is 11.6. The van der Waals surface area contributed by atoms with Crippen LogP contribution in [-0.4, -0.2) is 23.0 Å². The van der Waals surface area contributed by atoms with Gasteiger partial charge in [0.2, 0.25) is 5.75 Å². The van der Waals surface area contributed by atoms with Crippen LogP contribution < -0.4 is 9.47 Å². The summed E-state index contributed by atoms with van der Waals surface area (Å²) in [6.07, 6.45) is 1.48. The number of carbonyl (C=O) groups excluding carboxylic acids is 1. The Morgan fingerprint density at radius 1 is 1.12 bits per heavy atom. The third-order valence-electron chi connectivity index (χ3n) is 3.42. The Morgan fingerprint density at radius 2 is 1.88 bits per heavy atom. The number of hydrogen-bond acceptors (Lipinski definition) is 6. The standard InChI is InChI=1S/C17H12N2O5/c1-23-13-7-4-12(5-8-13)17(20)24-16-14(19(21)22)9-6-11-3-2-10-18-15(11)16/h2-10H,1H3. The molecular formula is C17H12N2O5. The number of ether oxygens (including phenoxy) is 2. The molecule has 24 heavy (non-hydrogen) atoms. The van der Waals surface area contributed by atoms with Gasteiger partial charge in [0, 0.05) is 17.6 Å². The van der Waals surface area contributed by atoms with Crippen LogP contribution in [0.5, 0.6) is 11.5 Å². The van der Waals surface area contributed by atoms with Crippen LogP contribution in [0.4, 0.5) is 5.69 Å². The van der Waals surface area contributed by atoms with Crippen LogP contribution in [0.2, 0.25) is 0 Å². The number of aromatic nitrogens is 1. The fourth-order valence-electron chi connectivity index (χ4n) is 2.23. The summed E-state index contributed by atoms with van der Waals surface area (Å²) < 4.78 is 10.3. The van der Waals surface area contributed by atoms with Gasteiger partial charge in [-0.15, -0.1) is 0 Å². The molecule has 1 heterocycles. The van der Waals surface area contributed by atoms with Crippen molar-refractivity contribution in [3.8, 4) is 11.5 Å².